The number of benzene rings is 2. The van der Waals surface area contributed by atoms with Crippen molar-refractivity contribution in [3.63, 3.8) is 0 Å². The minimum atomic E-state index is -1.35. The number of amides is 2. The third-order valence-electron chi connectivity index (χ3n) is 6.30. The number of para-hydroxylation sites is 2. The van der Waals surface area contributed by atoms with Crippen molar-refractivity contribution in [2.45, 2.75) is 18.9 Å². The molecule has 32 heavy (non-hydrogen) atoms. The Labute approximate surface area is 185 Å². The number of nitrogens with zero attached hydrogens (tertiary/aromatic N) is 3. The molecule has 1 atom stereocenters. The van der Waals surface area contributed by atoms with Gasteiger partial charge in [0, 0.05) is 43.6 Å². The fourth-order valence-electron chi connectivity index (χ4n) is 4.92. The predicted molar refractivity (Wildman–Crippen MR) is 118 cm³/mol. The number of carbonyl (C=O) groups is 2. The molecule has 2 aliphatic heterocycles. The van der Waals surface area contributed by atoms with Gasteiger partial charge >= 0.3 is 0 Å². The molecule has 5 rings (SSSR count). The average molecular weight is 432 g/mol. The van der Waals surface area contributed by atoms with Crippen molar-refractivity contribution in [3.05, 3.63) is 65.4 Å². The number of H-pyrrole nitrogens is 1. The molecule has 8 nitrogen and oxygen atoms in total. The zero-order valence-electron chi connectivity index (χ0n) is 18.0. The zero-order chi connectivity index (χ0) is 22.5. The van der Waals surface area contributed by atoms with Gasteiger partial charge in [0.15, 0.2) is 5.54 Å². The lowest BCUT2D eigenvalue weighted by molar-refractivity contribution is -0.125. The third kappa shape index (κ3) is 2.56. The van der Waals surface area contributed by atoms with Crippen molar-refractivity contribution in [1.29, 1.82) is 0 Å². The highest BCUT2D eigenvalue weighted by Gasteiger charge is 2.63. The SMILES string of the molecule is CCOCCCN1C(=O)c2[nH]nc(-c3ccccc3O)c2[C@]12C(=O)N(C)c1ccccc12. The molecule has 0 bridgehead atoms. The molecule has 2 amide bonds. The predicted octanol–water partition coefficient (Wildman–Crippen LogP) is 2.88. The summed E-state index contributed by atoms with van der Waals surface area (Å²) in [7, 11) is 1.72. The van der Waals surface area contributed by atoms with Gasteiger partial charge in [-0.3, -0.25) is 14.7 Å². The third-order valence-corrected chi connectivity index (χ3v) is 6.30. The summed E-state index contributed by atoms with van der Waals surface area (Å²) in [5.41, 5.74) is 1.76. The summed E-state index contributed by atoms with van der Waals surface area (Å²) < 4.78 is 5.48. The highest BCUT2D eigenvalue weighted by atomic mass is 16.5. The summed E-state index contributed by atoms with van der Waals surface area (Å²) in [6.07, 6.45) is 0.587. The van der Waals surface area contributed by atoms with Crippen LogP contribution < -0.4 is 4.90 Å². The molecule has 0 saturated heterocycles. The summed E-state index contributed by atoms with van der Waals surface area (Å²) >= 11 is 0. The molecule has 0 aliphatic carbocycles. The van der Waals surface area contributed by atoms with E-state index in [0.29, 0.717) is 43.0 Å². The molecule has 2 aliphatic rings. The van der Waals surface area contributed by atoms with E-state index in [1.807, 2.05) is 31.2 Å². The Hall–Kier alpha value is -3.65. The first-order valence-corrected chi connectivity index (χ1v) is 10.7. The van der Waals surface area contributed by atoms with Crippen LogP contribution in [0.4, 0.5) is 5.69 Å². The lowest BCUT2D eigenvalue weighted by Gasteiger charge is -2.35. The Balaban J connectivity index is 1.76. The second-order valence-corrected chi connectivity index (χ2v) is 7.94. The molecule has 3 aromatic rings. The van der Waals surface area contributed by atoms with Crippen molar-refractivity contribution in [1.82, 2.24) is 15.1 Å². The lowest BCUT2D eigenvalue weighted by atomic mass is 9.82. The van der Waals surface area contributed by atoms with Crippen molar-refractivity contribution < 1.29 is 19.4 Å². The molecule has 0 fully saturated rings. The maximum atomic E-state index is 14.0. The number of aromatic amines is 1. The number of ether oxygens (including phenoxy) is 1. The van der Waals surface area contributed by atoms with Gasteiger partial charge in [0.1, 0.15) is 17.1 Å². The number of carbonyl (C=O) groups excluding carboxylic acids is 2. The van der Waals surface area contributed by atoms with Gasteiger partial charge in [0.2, 0.25) is 0 Å². The van der Waals surface area contributed by atoms with Crippen LogP contribution in [-0.4, -0.2) is 58.8 Å². The van der Waals surface area contributed by atoms with Gasteiger partial charge in [-0.2, -0.15) is 5.10 Å². The molecule has 0 saturated carbocycles. The first kappa shape index (κ1) is 20.3. The van der Waals surface area contributed by atoms with Gasteiger partial charge in [0.05, 0.1) is 5.56 Å². The molecule has 8 heteroatoms. The number of hydrogen-bond acceptors (Lipinski definition) is 5. The minimum Gasteiger partial charge on any atom is -0.507 e. The number of rotatable bonds is 6. The van der Waals surface area contributed by atoms with E-state index < -0.39 is 5.54 Å². The highest BCUT2D eigenvalue weighted by Crippen LogP contribution is 2.55. The van der Waals surface area contributed by atoms with Crippen LogP contribution >= 0.6 is 0 Å². The second kappa shape index (κ2) is 7.49. The number of anilines is 1. The number of hydrogen-bond donors (Lipinski definition) is 2. The fraction of sp³-hybridized carbons (Fsp3) is 0.292. The van der Waals surface area contributed by atoms with Crippen molar-refractivity contribution in [2.75, 3.05) is 31.7 Å². The van der Waals surface area contributed by atoms with Crippen LogP contribution in [-0.2, 0) is 15.1 Å². The Morgan fingerprint density at radius 2 is 1.88 bits per heavy atom. The number of aromatic hydroxyl groups is 1. The van der Waals surface area contributed by atoms with Crippen LogP contribution in [0, 0.1) is 0 Å². The second-order valence-electron chi connectivity index (χ2n) is 7.94. The first-order chi connectivity index (χ1) is 15.5. The average Bonchev–Trinajstić information content (AvgIpc) is 3.41. The van der Waals surface area contributed by atoms with Crippen molar-refractivity contribution in [2.24, 2.45) is 0 Å². The number of nitrogens with one attached hydrogen (secondary N) is 1. The Bertz CT molecular complexity index is 1220. The van der Waals surface area contributed by atoms with E-state index in [4.69, 9.17) is 4.74 Å². The molecule has 164 valence electrons. The van der Waals surface area contributed by atoms with Gasteiger partial charge < -0.3 is 19.6 Å². The summed E-state index contributed by atoms with van der Waals surface area (Å²) in [6.45, 7) is 3.34. The van der Waals surface area contributed by atoms with Crippen LogP contribution in [0.3, 0.4) is 0 Å². The molecule has 1 spiro atoms. The lowest BCUT2D eigenvalue weighted by Crippen LogP contribution is -2.52. The summed E-state index contributed by atoms with van der Waals surface area (Å²) in [6, 6.07) is 14.3. The molecule has 3 heterocycles. The molecular formula is C24H24N4O4. The Morgan fingerprint density at radius 3 is 2.66 bits per heavy atom. The monoisotopic (exact) mass is 432 g/mol. The van der Waals surface area contributed by atoms with Gasteiger partial charge in [-0.1, -0.05) is 30.3 Å². The van der Waals surface area contributed by atoms with Crippen LogP contribution in [0.25, 0.3) is 11.3 Å². The molecule has 2 aromatic carbocycles. The summed E-state index contributed by atoms with van der Waals surface area (Å²) in [5.74, 6) is -0.476. The van der Waals surface area contributed by atoms with E-state index in [0.717, 1.165) is 11.3 Å². The largest absolute Gasteiger partial charge is 0.507 e. The number of phenolic OH excluding ortho intramolecular Hbond substituents is 1. The number of aromatic nitrogens is 2. The summed E-state index contributed by atoms with van der Waals surface area (Å²) in [4.78, 5) is 30.8. The Morgan fingerprint density at radius 1 is 1.12 bits per heavy atom. The number of likely N-dealkylation sites (N-methyl/N-ethyl adjacent to an activating group) is 1. The molecule has 0 unspecified atom stereocenters. The molecular weight excluding hydrogens is 408 g/mol. The van der Waals surface area contributed by atoms with E-state index >= 15 is 0 Å². The smallest absolute Gasteiger partial charge is 0.273 e. The van der Waals surface area contributed by atoms with E-state index in [9.17, 15) is 14.7 Å². The van der Waals surface area contributed by atoms with Crippen LogP contribution in [0.2, 0.25) is 0 Å². The van der Waals surface area contributed by atoms with E-state index in [-0.39, 0.29) is 23.3 Å². The van der Waals surface area contributed by atoms with Crippen molar-refractivity contribution in [3.8, 4) is 17.0 Å². The van der Waals surface area contributed by atoms with Crippen LogP contribution in [0.1, 0.15) is 35.0 Å². The van der Waals surface area contributed by atoms with Crippen molar-refractivity contribution >= 4 is 17.5 Å². The highest BCUT2D eigenvalue weighted by molar-refractivity contribution is 6.17. The van der Waals surface area contributed by atoms with E-state index in [2.05, 4.69) is 10.2 Å². The quantitative estimate of drug-likeness (QED) is 0.584. The van der Waals surface area contributed by atoms with E-state index in [1.165, 1.54) is 0 Å². The maximum Gasteiger partial charge on any atom is 0.273 e. The topological polar surface area (TPSA) is 98.8 Å². The fourth-order valence-corrected chi connectivity index (χ4v) is 4.92. The minimum absolute atomic E-state index is 0.0336. The number of phenols is 1. The van der Waals surface area contributed by atoms with Gasteiger partial charge in [-0.05, 0) is 31.5 Å². The first-order valence-electron chi connectivity index (χ1n) is 10.7. The molecule has 2 N–H and O–H groups in total. The van der Waals surface area contributed by atoms with Gasteiger partial charge in [0.25, 0.3) is 11.8 Å². The van der Waals surface area contributed by atoms with Crippen LogP contribution in [0.5, 0.6) is 5.75 Å². The normalized spacial score (nSPS) is 19.2. The van der Waals surface area contributed by atoms with Gasteiger partial charge in [-0.25, -0.2) is 0 Å². The maximum absolute atomic E-state index is 14.0. The standard InChI is InChI=1S/C24H24N4O4/c1-3-32-14-8-13-28-22(30)21-19(20(25-26-21)15-9-4-7-12-18(15)29)24(28)16-10-5-6-11-17(16)27(2)23(24)31/h4-7,9-12,29H,3,8,13-14H2,1-2H3,(H,25,26)/t24-/m1/s1. The molecule has 0 radical (unpaired) electrons. The van der Waals surface area contributed by atoms with Crippen LogP contribution in [0.15, 0.2) is 48.5 Å². The Kier molecular flexibility index (Phi) is 4.74. The van der Waals surface area contributed by atoms with Gasteiger partial charge in [-0.15, -0.1) is 0 Å². The zero-order valence-corrected chi connectivity index (χ0v) is 18.0. The molecule has 1 aromatic heterocycles. The number of fused-ring (bicyclic) bond motifs is 4. The summed E-state index contributed by atoms with van der Waals surface area (Å²) in [5, 5.41) is 17.8. The van der Waals surface area contributed by atoms with E-state index in [1.54, 1.807) is 41.1 Å².